The van der Waals surface area contributed by atoms with Crippen LogP contribution in [-0.4, -0.2) is 68.0 Å². The Hall–Kier alpha value is -1.30. The lowest BCUT2D eigenvalue weighted by molar-refractivity contribution is -0.119. The second kappa shape index (κ2) is 9.87. The highest BCUT2D eigenvalue weighted by molar-refractivity contribution is 5.80. The van der Waals surface area contributed by atoms with Crippen molar-refractivity contribution in [2.75, 3.05) is 46.3 Å². The summed E-state index contributed by atoms with van der Waals surface area (Å²) in [7, 11) is 1.85. The third-order valence-corrected chi connectivity index (χ3v) is 5.51. The first kappa shape index (κ1) is 19.0. The van der Waals surface area contributed by atoms with Crippen molar-refractivity contribution in [3.8, 4) is 0 Å². The van der Waals surface area contributed by atoms with Gasteiger partial charge in [0.15, 0.2) is 5.96 Å². The molecular formula is C18H35N5O. The molecule has 0 aliphatic carbocycles. The number of hydrogen-bond donors (Lipinski definition) is 2. The summed E-state index contributed by atoms with van der Waals surface area (Å²) in [5.41, 5.74) is 5.35. The number of nitrogens with two attached hydrogens (primary N) is 1. The number of nitrogens with zero attached hydrogens (tertiary/aromatic N) is 3. The Bertz CT molecular complexity index is 418. The number of amides is 1. The minimum Gasteiger partial charge on any atom is -0.370 e. The summed E-state index contributed by atoms with van der Waals surface area (Å²) in [6.07, 6.45) is 6.54. The van der Waals surface area contributed by atoms with Crippen molar-refractivity contribution in [3.05, 3.63) is 0 Å². The molecule has 0 radical (unpaired) electrons. The van der Waals surface area contributed by atoms with E-state index in [0.717, 1.165) is 44.4 Å². The number of primary amides is 1. The Kier molecular flexibility index (Phi) is 7.82. The van der Waals surface area contributed by atoms with Gasteiger partial charge in [0, 0.05) is 33.1 Å². The van der Waals surface area contributed by atoms with Crippen molar-refractivity contribution in [3.63, 3.8) is 0 Å². The second-order valence-electron chi connectivity index (χ2n) is 7.27. The molecule has 2 heterocycles. The van der Waals surface area contributed by atoms with Crippen LogP contribution in [0.1, 0.15) is 45.4 Å². The molecule has 2 fully saturated rings. The quantitative estimate of drug-likeness (QED) is 0.565. The van der Waals surface area contributed by atoms with E-state index in [1.807, 2.05) is 7.05 Å². The molecule has 0 bridgehead atoms. The molecule has 6 nitrogen and oxygen atoms in total. The maximum absolute atomic E-state index is 11.2. The molecule has 1 amide bonds. The Morgan fingerprint density at radius 3 is 2.58 bits per heavy atom. The summed E-state index contributed by atoms with van der Waals surface area (Å²) in [6.45, 7) is 8.81. The third-order valence-electron chi connectivity index (χ3n) is 5.51. The molecular weight excluding hydrogens is 302 g/mol. The minimum atomic E-state index is -0.191. The van der Waals surface area contributed by atoms with Gasteiger partial charge in [-0.25, -0.2) is 0 Å². The van der Waals surface area contributed by atoms with Crippen molar-refractivity contribution >= 4 is 11.9 Å². The van der Waals surface area contributed by atoms with Gasteiger partial charge in [-0.05, 0) is 63.6 Å². The van der Waals surface area contributed by atoms with Crippen LogP contribution in [0, 0.1) is 11.8 Å². The summed E-state index contributed by atoms with van der Waals surface area (Å²) < 4.78 is 0. The van der Waals surface area contributed by atoms with Crippen LogP contribution in [0.4, 0.5) is 0 Å². The van der Waals surface area contributed by atoms with Gasteiger partial charge < -0.3 is 20.9 Å². The monoisotopic (exact) mass is 337 g/mol. The van der Waals surface area contributed by atoms with E-state index in [1.54, 1.807) is 0 Å². The summed E-state index contributed by atoms with van der Waals surface area (Å²) in [6, 6.07) is 0. The highest BCUT2D eigenvalue weighted by Gasteiger charge is 2.24. The molecule has 1 atom stereocenters. The number of carbonyl (C=O) groups is 1. The SMILES string of the molecule is CCN1CCC(CCNC(=NC)N2CCCC(CC(N)=O)C2)CC1. The lowest BCUT2D eigenvalue weighted by Crippen LogP contribution is -2.47. The van der Waals surface area contributed by atoms with E-state index in [-0.39, 0.29) is 5.91 Å². The molecule has 3 N–H and O–H groups in total. The Morgan fingerprint density at radius 1 is 1.21 bits per heavy atom. The van der Waals surface area contributed by atoms with Crippen LogP contribution in [0.5, 0.6) is 0 Å². The van der Waals surface area contributed by atoms with Crippen LogP contribution in [0.15, 0.2) is 4.99 Å². The van der Waals surface area contributed by atoms with Crippen LogP contribution in [-0.2, 0) is 4.79 Å². The van der Waals surface area contributed by atoms with Crippen molar-refractivity contribution < 1.29 is 4.79 Å². The van der Waals surface area contributed by atoms with Gasteiger partial charge in [-0.3, -0.25) is 9.79 Å². The second-order valence-corrected chi connectivity index (χ2v) is 7.27. The molecule has 6 heteroatoms. The van der Waals surface area contributed by atoms with Crippen molar-refractivity contribution in [1.29, 1.82) is 0 Å². The van der Waals surface area contributed by atoms with Gasteiger partial charge in [0.05, 0.1) is 0 Å². The molecule has 24 heavy (non-hydrogen) atoms. The van der Waals surface area contributed by atoms with Crippen LogP contribution >= 0.6 is 0 Å². The number of likely N-dealkylation sites (tertiary alicyclic amines) is 2. The molecule has 2 rings (SSSR count). The number of hydrogen-bond acceptors (Lipinski definition) is 3. The summed E-state index contributed by atoms with van der Waals surface area (Å²) >= 11 is 0. The third kappa shape index (κ3) is 5.96. The fraction of sp³-hybridized carbons (Fsp3) is 0.889. The fourth-order valence-electron chi connectivity index (χ4n) is 4.02. The average molecular weight is 338 g/mol. The molecule has 0 saturated carbocycles. The zero-order valence-electron chi connectivity index (χ0n) is 15.5. The molecule has 2 aliphatic heterocycles. The van der Waals surface area contributed by atoms with E-state index in [0.29, 0.717) is 12.3 Å². The van der Waals surface area contributed by atoms with E-state index < -0.39 is 0 Å². The highest BCUT2D eigenvalue weighted by atomic mass is 16.1. The number of piperidine rings is 2. The van der Waals surface area contributed by atoms with Gasteiger partial charge in [0.25, 0.3) is 0 Å². The topological polar surface area (TPSA) is 74.0 Å². The van der Waals surface area contributed by atoms with Crippen molar-refractivity contribution in [1.82, 2.24) is 15.1 Å². The first-order valence-corrected chi connectivity index (χ1v) is 9.58. The summed E-state index contributed by atoms with van der Waals surface area (Å²) in [5.74, 6) is 1.99. The minimum absolute atomic E-state index is 0.191. The molecule has 0 aromatic carbocycles. The zero-order valence-corrected chi connectivity index (χ0v) is 15.5. The van der Waals surface area contributed by atoms with Gasteiger partial charge in [-0.1, -0.05) is 6.92 Å². The van der Waals surface area contributed by atoms with Crippen molar-refractivity contribution in [2.24, 2.45) is 22.6 Å². The maximum atomic E-state index is 11.2. The predicted molar refractivity (Wildman–Crippen MR) is 98.9 cm³/mol. The normalized spacial score (nSPS) is 24.2. The Labute approximate surface area is 146 Å². The van der Waals surface area contributed by atoms with Crippen LogP contribution in [0.3, 0.4) is 0 Å². The van der Waals surface area contributed by atoms with E-state index in [4.69, 9.17) is 5.73 Å². The van der Waals surface area contributed by atoms with Gasteiger partial charge in [-0.15, -0.1) is 0 Å². The van der Waals surface area contributed by atoms with E-state index in [1.165, 1.54) is 38.9 Å². The first-order chi connectivity index (χ1) is 11.6. The molecule has 2 saturated heterocycles. The number of guanidine groups is 1. The smallest absolute Gasteiger partial charge is 0.217 e. The summed E-state index contributed by atoms with van der Waals surface area (Å²) in [4.78, 5) is 20.4. The van der Waals surface area contributed by atoms with E-state index >= 15 is 0 Å². The number of aliphatic imine (C=N–C) groups is 1. The molecule has 2 aliphatic rings. The molecule has 0 aromatic rings. The number of rotatable bonds is 6. The average Bonchev–Trinajstić information content (AvgIpc) is 2.59. The predicted octanol–water partition coefficient (Wildman–Crippen LogP) is 1.27. The lowest BCUT2D eigenvalue weighted by Gasteiger charge is -2.35. The Balaban J connectivity index is 1.71. The van der Waals surface area contributed by atoms with Crippen LogP contribution < -0.4 is 11.1 Å². The van der Waals surface area contributed by atoms with Gasteiger partial charge in [0.2, 0.25) is 5.91 Å². The molecule has 138 valence electrons. The largest absolute Gasteiger partial charge is 0.370 e. The van der Waals surface area contributed by atoms with E-state index in [2.05, 4.69) is 27.0 Å². The van der Waals surface area contributed by atoms with Crippen LogP contribution in [0.25, 0.3) is 0 Å². The molecule has 0 spiro atoms. The maximum Gasteiger partial charge on any atom is 0.217 e. The van der Waals surface area contributed by atoms with E-state index in [9.17, 15) is 4.79 Å². The molecule has 1 unspecified atom stereocenters. The number of nitrogens with one attached hydrogen (secondary N) is 1. The van der Waals surface area contributed by atoms with Crippen LogP contribution in [0.2, 0.25) is 0 Å². The Morgan fingerprint density at radius 2 is 1.96 bits per heavy atom. The van der Waals surface area contributed by atoms with Gasteiger partial charge in [-0.2, -0.15) is 0 Å². The number of carbonyl (C=O) groups excluding carboxylic acids is 1. The highest BCUT2D eigenvalue weighted by Crippen LogP contribution is 2.21. The fourth-order valence-corrected chi connectivity index (χ4v) is 4.02. The van der Waals surface area contributed by atoms with Gasteiger partial charge >= 0.3 is 0 Å². The summed E-state index contributed by atoms with van der Waals surface area (Å²) in [5, 5.41) is 3.53. The van der Waals surface area contributed by atoms with Crippen molar-refractivity contribution in [2.45, 2.75) is 45.4 Å². The zero-order chi connectivity index (χ0) is 17.4. The lowest BCUT2D eigenvalue weighted by atomic mass is 9.93. The first-order valence-electron chi connectivity index (χ1n) is 9.58. The molecule has 0 aromatic heterocycles. The van der Waals surface area contributed by atoms with Gasteiger partial charge in [0.1, 0.15) is 0 Å². The standard InChI is InChI=1S/C18H35N5O/c1-3-22-11-7-15(8-12-22)6-9-21-18(20-2)23-10-4-5-16(14-23)13-17(19)24/h15-16H,3-14H2,1-2H3,(H2,19,24)(H,20,21).